The minimum absolute atomic E-state index is 0.190. The largest absolute Gasteiger partial charge is 0.478 e. The molecule has 19 heavy (non-hydrogen) atoms. The number of pyridine rings is 1. The van der Waals surface area contributed by atoms with Crippen LogP contribution in [0, 0.1) is 0 Å². The van der Waals surface area contributed by atoms with Gasteiger partial charge >= 0.3 is 12.1 Å². The molecule has 6 nitrogen and oxygen atoms in total. The zero-order valence-corrected chi connectivity index (χ0v) is 9.99. The fourth-order valence-electron chi connectivity index (χ4n) is 1.13. The lowest BCUT2D eigenvalue weighted by Crippen LogP contribution is -2.20. The zero-order valence-electron chi connectivity index (χ0n) is 9.18. The van der Waals surface area contributed by atoms with E-state index < -0.39 is 41.5 Å². The van der Waals surface area contributed by atoms with Crippen LogP contribution in [0.4, 0.5) is 13.2 Å². The van der Waals surface area contributed by atoms with Gasteiger partial charge in [-0.15, -0.1) is 0 Å². The highest BCUT2D eigenvalue weighted by Crippen LogP contribution is 2.22. The van der Waals surface area contributed by atoms with E-state index in [9.17, 15) is 22.2 Å². The summed E-state index contributed by atoms with van der Waals surface area (Å²) in [5, 5.41) is 8.69. The molecule has 0 amide bonds. The average molecular weight is 299 g/mol. The molecule has 10 heteroatoms. The number of carbonyl (C=O) groups is 1. The molecule has 0 fully saturated rings. The van der Waals surface area contributed by atoms with Gasteiger partial charge in [-0.25, -0.2) is 14.0 Å². The van der Waals surface area contributed by atoms with Gasteiger partial charge in [-0.05, 0) is 6.07 Å². The molecule has 0 aliphatic carbocycles. The maximum absolute atomic E-state index is 12.0. The van der Waals surface area contributed by atoms with E-state index in [-0.39, 0.29) is 11.1 Å². The second kappa shape index (κ2) is 5.97. The number of carboxylic acids is 1. The Balaban J connectivity index is 3.01. The van der Waals surface area contributed by atoms with Gasteiger partial charge in [0.05, 0.1) is 11.3 Å². The van der Waals surface area contributed by atoms with Crippen LogP contribution in [0.1, 0.15) is 15.9 Å². The maximum Gasteiger partial charge on any atom is 0.422 e. The van der Waals surface area contributed by atoms with Gasteiger partial charge in [-0.3, -0.25) is 0 Å². The highest BCUT2D eigenvalue weighted by atomic mass is 32.2. The molecule has 0 saturated carbocycles. The molecule has 0 radical (unpaired) electrons. The number of nitrogens with zero attached hydrogens (tertiary/aromatic N) is 1. The minimum Gasteiger partial charge on any atom is -0.478 e. The van der Waals surface area contributed by atoms with E-state index in [0.29, 0.717) is 0 Å². The van der Waals surface area contributed by atoms with Crippen molar-refractivity contribution >= 4 is 17.0 Å². The molecule has 2 N–H and O–H groups in total. The Kier molecular flexibility index (Phi) is 4.84. The molecule has 1 heterocycles. The maximum atomic E-state index is 12.0. The van der Waals surface area contributed by atoms with E-state index in [1.807, 2.05) is 0 Å². The quantitative estimate of drug-likeness (QED) is 0.799. The fraction of sp³-hybridized carbons (Fsp3) is 0.333. The average Bonchev–Trinajstić information content (AvgIpc) is 2.25. The fourth-order valence-corrected chi connectivity index (χ4v) is 1.60. The first-order valence-electron chi connectivity index (χ1n) is 4.68. The summed E-state index contributed by atoms with van der Waals surface area (Å²) in [6.45, 7) is -1.63. The third-order valence-corrected chi connectivity index (χ3v) is 2.38. The number of hydrogen-bond donors (Lipinski definition) is 2. The van der Waals surface area contributed by atoms with Crippen molar-refractivity contribution in [3.63, 3.8) is 0 Å². The lowest BCUT2D eigenvalue weighted by Gasteiger charge is -2.11. The van der Waals surface area contributed by atoms with Crippen LogP contribution in [-0.2, 0) is 16.8 Å². The van der Waals surface area contributed by atoms with E-state index in [4.69, 9.17) is 9.66 Å². The Bertz CT molecular complexity index is 505. The zero-order chi connectivity index (χ0) is 14.6. The normalized spacial score (nSPS) is 13.1. The standard InChI is InChI=1S/C9H8F3NO5S/c10-9(11,12)4-18-7-6(3-19(16)17)1-5(2-13-7)8(14)15/h1-2H,3-4H2,(H,14,15)(H,16,17). The number of hydrogen-bond acceptors (Lipinski definition) is 4. The molecular formula is C9H8F3NO5S. The van der Waals surface area contributed by atoms with E-state index in [0.717, 1.165) is 12.3 Å². The van der Waals surface area contributed by atoms with Crippen molar-refractivity contribution in [1.82, 2.24) is 4.98 Å². The number of halogens is 3. The van der Waals surface area contributed by atoms with Crippen LogP contribution in [0.25, 0.3) is 0 Å². The number of carboxylic acid groups (broad SMARTS) is 1. The summed E-state index contributed by atoms with van der Waals surface area (Å²) < 4.78 is 59.7. The highest BCUT2D eigenvalue weighted by Gasteiger charge is 2.29. The molecule has 0 spiro atoms. The summed E-state index contributed by atoms with van der Waals surface area (Å²) in [7, 11) is 0. The summed E-state index contributed by atoms with van der Waals surface area (Å²) in [6.07, 6.45) is -3.79. The summed E-state index contributed by atoms with van der Waals surface area (Å²) in [6, 6.07) is 0.940. The number of rotatable bonds is 5. The topological polar surface area (TPSA) is 96.7 Å². The molecule has 1 aromatic rings. The van der Waals surface area contributed by atoms with Crippen molar-refractivity contribution in [3.8, 4) is 5.88 Å². The van der Waals surface area contributed by atoms with Gasteiger partial charge in [0.2, 0.25) is 5.88 Å². The van der Waals surface area contributed by atoms with Crippen LogP contribution in [0.15, 0.2) is 12.3 Å². The number of aromatic nitrogens is 1. The lowest BCUT2D eigenvalue weighted by molar-refractivity contribution is -0.154. The Labute approximate surface area is 107 Å². The van der Waals surface area contributed by atoms with Crippen LogP contribution in [-0.4, -0.2) is 37.6 Å². The van der Waals surface area contributed by atoms with Crippen LogP contribution < -0.4 is 4.74 Å². The summed E-state index contributed by atoms with van der Waals surface area (Å²) in [4.78, 5) is 14.1. The third kappa shape index (κ3) is 5.22. The van der Waals surface area contributed by atoms with Gasteiger partial charge in [0.1, 0.15) is 0 Å². The highest BCUT2D eigenvalue weighted by molar-refractivity contribution is 7.78. The van der Waals surface area contributed by atoms with E-state index in [1.165, 1.54) is 0 Å². The van der Waals surface area contributed by atoms with Gasteiger partial charge < -0.3 is 14.4 Å². The molecule has 0 bridgehead atoms. The predicted molar refractivity (Wildman–Crippen MR) is 57.2 cm³/mol. The van der Waals surface area contributed by atoms with Gasteiger partial charge in [-0.2, -0.15) is 13.2 Å². The minimum atomic E-state index is -4.59. The van der Waals surface area contributed by atoms with Crippen LogP contribution in [0.5, 0.6) is 5.88 Å². The number of ether oxygens (including phenoxy) is 1. The molecule has 0 aliphatic rings. The number of aromatic carboxylic acids is 1. The molecule has 0 saturated heterocycles. The smallest absolute Gasteiger partial charge is 0.422 e. The first-order valence-corrected chi connectivity index (χ1v) is 5.96. The molecule has 0 aliphatic heterocycles. The molecule has 1 atom stereocenters. The van der Waals surface area contributed by atoms with E-state index in [1.54, 1.807) is 0 Å². The molecule has 1 rings (SSSR count). The molecule has 106 valence electrons. The summed E-state index contributed by atoms with van der Waals surface area (Å²) >= 11 is -2.37. The molecule has 1 unspecified atom stereocenters. The van der Waals surface area contributed by atoms with Gasteiger partial charge in [-0.1, -0.05) is 0 Å². The van der Waals surface area contributed by atoms with Gasteiger partial charge in [0.25, 0.3) is 0 Å². The molecule has 0 aromatic carbocycles. The van der Waals surface area contributed by atoms with Crippen molar-refractivity contribution in [2.75, 3.05) is 6.61 Å². The van der Waals surface area contributed by atoms with Crippen molar-refractivity contribution < 1.29 is 36.6 Å². The van der Waals surface area contributed by atoms with Crippen molar-refractivity contribution in [1.29, 1.82) is 0 Å². The Morgan fingerprint density at radius 1 is 1.47 bits per heavy atom. The van der Waals surface area contributed by atoms with Crippen molar-refractivity contribution in [2.45, 2.75) is 11.9 Å². The summed E-state index contributed by atoms with van der Waals surface area (Å²) in [5.74, 6) is -2.47. The van der Waals surface area contributed by atoms with Gasteiger partial charge in [0, 0.05) is 11.8 Å². The predicted octanol–water partition coefficient (Wildman–Crippen LogP) is 1.44. The van der Waals surface area contributed by atoms with Crippen molar-refractivity contribution in [3.05, 3.63) is 23.4 Å². The Morgan fingerprint density at radius 2 is 2.11 bits per heavy atom. The van der Waals surface area contributed by atoms with Crippen LogP contribution in [0.2, 0.25) is 0 Å². The third-order valence-electron chi connectivity index (χ3n) is 1.82. The van der Waals surface area contributed by atoms with Crippen LogP contribution in [0.3, 0.4) is 0 Å². The van der Waals surface area contributed by atoms with Crippen molar-refractivity contribution in [2.24, 2.45) is 0 Å². The SMILES string of the molecule is O=C(O)c1cnc(OCC(F)(F)F)c(CS(=O)O)c1. The monoisotopic (exact) mass is 299 g/mol. The molecular weight excluding hydrogens is 291 g/mol. The second-order valence-corrected chi connectivity index (χ2v) is 4.29. The second-order valence-electron chi connectivity index (χ2n) is 3.36. The lowest BCUT2D eigenvalue weighted by atomic mass is 10.2. The van der Waals surface area contributed by atoms with E-state index in [2.05, 4.69) is 9.72 Å². The van der Waals surface area contributed by atoms with E-state index >= 15 is 0 Å². The van der Waals surface area contributed by atoms with Crippen LogP contribution >= 0.6 is 0 Å². The Hall–Kier alpha value is -1.68. The number of alkyl halides is 3. The summed E-state index contributed by atoms with van der Waals surface area (Å²) in [5.41, 5.74) is -0.509. The molecule has 1 aromatic heterocycles. The first kappa shape index (κ1) is 15.4. The Morgan fingerprint density at radius 3 is 2.58 bits per heavy atom. The van der Waals surface area contributed by atoms with Gasteiger partial charge in [0.15, 0.2) is 17.7 Å². The first-order chi connectivity index (χ1) is 8.69.